The molecule has 4 nitrogen and oxygen atoms in total. The summed E-state index contributed by atoms with van der Waals surface area (Å²) in [6, 6.07) is 1.80. The number of guanidine groups is 1. The van der Waals surface area contributed by atoms with Crippen molar-refractivity contribution in [3.63, 3.8) is 0 Å². The molecule has 0 saturated carbocycles. The molecule has 1 unspecified atom stereocenters. The van der Waals surface area contributed by atoms with Crippen molar-refractivity contribution in [1.29, 1.82) is 5.41 Å². The summed E-state index contributed by atoms with van der Waals surface area (Å²) >= 11 is 4.68. The van der Waals surface area contributed by atoms with Gasteiger partial charge in [-0.2, -0.15) is 0 Å². The second-order valence-corrected chi connectivity index (χ2v) is 5.80. The van der Waals surface area contributed by atoms with Crippen LogP contribution >= 0.6 is 27.3 Å². The van der Waals surface area contributed by atoms with Gasteiger partial charge in [-0.15, -0.1) is 11.3 Å². The Morgan fingerprint density at radius 3 is 2.88 bits per heavy atom. The number of alkyl halides is 1. The highest BCUT2D eigenvalue weighted by Gasteiger charge is 2.49. The second-order valence-electron chi connectivity index (χ2n) is 4.03. The lowest BCUT2D eigenvalue weighted by atomic mass is 9.91. The van der Waals surface area contributed by atoms with Crippen LogP contribution in [0.2, 0.25) is 0 Å². The first-order chi connectivity index (χ1) is 7.88. The van der Waals surface area contributed by atoms with Crippen molar-refractivity contribution >= 4 is 39.1 Å². The van der Waals surface area contributed by atoms with E-state index in [0.29, 0.717) is 4.88 Å². The molecule has 0 spiro atoms. The molecule has 0 radical (unpaired) electrons. The highest BCUT2D eigenvalue weighted by atomic mass is 79.9. The summed E-state index contributed by atoms with van der Waals surface area (Å²) < 4.78 is 15.0. The van der Waals surface area contributed by atoms with Gasteiger partial charge in [0.25, 0.3) is 5.91 Å². The number of nitrogens with one attached hydrogen (secondary N) is 2. The number of carbonyl (C=O) groups is 1. The van der Waals surface area contributed by atoms with Crippen LogP contribution in [-0.2, 0) is 10.3 Å². The van der Waals surface area contributed by atoms with Crippen LogP contribution in [0.3, 0.4) is 0 Å². The first-order valence-corrected chi connectivity index (χ1v) is 6.57. The predicted molar refractivity (Wildman–Crippen MR) is 67.9 cm³/mol. The van der Waals surface area contributed by atoms with Gasteiger partial charge in [-0.25, -0.2) is 4.39 Å². The maximum absolute atomic E-state index is 14.2. The second kappa shape index (κ2) is 4.06. The van der Waals surface area contributed by atoms with Crippen LogP contribution in [0.4, 0.5) is 4.39 Å². The molecule has 2 atom stereocenters. The summed E-state index contributed by atoms with van der Waals surface area (Å²) in [5.41, 5.74) is -1.19. The van der Waals surface area contributed by atoms with Crippen molar-refractivity contribution in [1.82, 2.24) is 10.2 Å². The molecule has 7 heteroatoms. The van der Waals surface area contributed by atoms with E-state index < -0.39 is 17.6 Å². The summed E-state index contributed by atoms with van der Waals surface area (Å²) in [6.45, 7) is 1.59. The summed E-state index contributed by atoms with van der Waals surface area (Å²) in [4.78, 5) is 13.4. The van der Waals surface area contributed by atoms with E-state index in [1.165, 1.54) is 18.4 Å². The van der Waals surface area contributed by atoms with Gasteiger partial charge in [-0.3, -0.25) is 15.1 Å². The summed E-state index contributed by atoms with van der Waals surface area (Å²) in [5.74, 6) is -0.789. The van der Waals surface area contributed by atoms with Gasteiger partial charge in [-0.1, -0.05) is 0 Å². The molecule has 1 aliphatic rings. The minimum absolute atomic E-state index is 0.0910. The zero-order valence-electron chi connectivity index (χ0n) is 9.25. The van der Waals surface area contributed by atoms with Crippen LogP contribution < -0.4 is 5.32 Å². The fourth-order valence-electron chi connectivity index (χ4n) is 1.76. The van der Waals surface area contributed by atoms with Gasteiger partial charge in [0, 0.05) is 16.4 Å². The molecule has 1 aromatic heterocycles. The molecule has 1 aromatic rings. The molecular weight excluding hydrogens is 309 g/mol. The topological polar surface area (TPSA) is 56.2 Å². The normalized spacial score (nSPS) is 29.4. The minimum atomic E-state index is -1.71. The van der Waals surface area contributed by atoms with E-state index >= 15 is 0 Å². The lowest BCUT2D eigenvalue weighted by Gasteiger charge is -2.41. The van der Waals surface area contributed by atoms with E-state index in [0.717, 1.165) is 9.37 Å². The average molecular weight is 320 g/mol. The van der Waals surface area contributed by atoms with Crippen molar-refractivity contribution < 1.29 is 9.18 Å². The van der Waals surface area contributed by atoms with E-state index in [2.05, 4.69) is 21.2 Å². The van der Waals surface area contributed by atoms with Crippen molar-refractivity contribution in [3.05, 3.63) is 20.8 Å². The van der Waals surface area contributed by atoms with Gasteiger partial charge in [-0.05, 0) is 34.3 Å². The number of halogens is 2. The molecular formula is C10H11BrFN3OS. The smallest absolute Gasteiger partial charge is 0.266 e. The van der Waals surface area contributed by atoms with E-state index in [-0.39, 0.29) is 5.96 Å². The molecule has 1 fully saturated rings. The maximum atomic E-state index is 14.2. The number of rotatable bonds is 1. The van der Waals surface area contributed by atoms with Crippen molar-refractivity contribution in [2.24, 2.45) is 0 Å². The number of hydrogen-bond acceptors (Lipinski definition) is 3. The molecule has 1 amide bonds. The Balaban J connectivity index is 2.47. The molecule has 1 aliphatic heterocycles. The lowest BCUT2D eigenvalue weighted by Crippen LogP contribution is -2.65. The van der Waals surface area contributed by atoms with E-state index in [4.69, 9.17) is 5.41 Å². The van der Waals surface area contributed by atoms with Crippen LogP contribution in [0.5, 0.6) is 0 Å². The predicted octanol–water partition coefficient (Wildman–Crippen LogP) is 2.06. The Hall–Kier alpha value is -0.950. The van der Waals surface area contributed by atoms with Crippen LogP contribution in [0.15, 0.2) is 15.9 Å². The Kier molecular flexibility index (Phi) is 2.99. The van der Waals surface area contributed by atoms with Crippen molar-refractivity contribution in [2.45, 2.75) is 18.6 Å². The molecule has 0 aromatic carbocycles. The minimum Gasteiger partial charge on any atom is -0.342 e. The molecule has 2 heterocycles. The van der Waals surface area contributed by atoms with Gasteiger partial charge >= 0.3 is 0 Å². The fraction of sp³-hybridized carbons (Fsp3) is 0.400. The van der Waals surface area contributed by atoms with Gasteiger partial charge in [0.2, 0.25) is 6.17 Å². The molecule has 1 saturated heterocycles. The molecule has 2 N–H and O–H groups in total. The molecule has 17 heavy (non-hydrogen) atoms. The first-order valence-electron chi connectivity index (χ1n) is 4.89. The molecule has 0 aliphatic carbocycles. The zero-order chi connectivity index (χ0) is 12.8. The van der Waals surface area contributed by atoms with Gasteiger partial charge < -0.3 is 5.32 Å². The number of thiophene rings is 1. The lowest BCUT2D eigenvalue weighted by molar-refractivity contribution is -0.136. The standard InChI is InChI=1S/C10H11BrFN3OS/c1-10(7-5(11)3-4-17-7)6(12)8(16)15(2)9(13)14-10/h3-4,6H,1-2H3,(H2,13,14)/t6?,10-/m0/s1. The van der Waals surface area contributed by atoms with Crippen LogP contribution in [0.1, 0.15) is 11.8 Å². The van der Waals surface area contributed by atoms with E-state index in [1.807, 2.05) is 5.38 Å². The van der Waals surface area contributed by atoms with Gasteiger partial charge in [0.15, 0.2) is 5.96 Å². The molecule has 2 rings (SSSR count). The van der Waals surface area contributed by atoms with Crippen LogP contribution in [0, 0.1) is 5.41 Å². The largest absolute Gasteiger partial charge is 0.342 e. The van der Waals surface area contributed by atoms with E-state index in [1.54, 1.807) is 13.0 Å². The van der Waals surface area contributed by atoms with Gasteiger partial charge in [0.1, 0.15) is 5.54 Å². The average Bonchev–Trinajstić information content (AvgIpc) is 2.71. The quantitative estimate of drug-likeness (QED) is 0.832. The monoisotopic (exact) mass is 319 g/mol. The number of amides is 1. The Labute approximate surface area is 110 Å². The van der Waals surface area contributed by atoms with Crippen LogP contribution in [-0.4, -0.2) is 30.0 Å². The third kappa shape index (κ3) is 1.77. The highest BCUT2D eigenvalue weighted by Crippen LogP contribution is 2.38. The Morgan fingerprint density at radius 1 is 1.71 bits per heavy atom. The van der Waals surface area contributed by atoms with Crippen molar-refractivity contribution in [2.75, 3.05) is 7.05 Å². The zero-order valence-corrected chi connectivity index (χ0v) is 11.7. The number of nitrogens with zero attached hydrogens (tertiary/aromatic N) is 1. The number of carbonyl (C=O) groups excluding carboxylic acids is 1. The Morgan fingerprint density at radius 2 is 2.35 bits per heavy atom. The molecule has 92 valence electrons. The maximum Gasteiger partial charge on any atom is 0.266 e. The fourth-order valence-corrected chi connectivity index (χ4v) is 3.68. The number of hydrogen-bond donors (Lipinski definition) is 2. The van der Waals surface area contributed by atoms with Gasteiger partial charge in [0.05, 0.1) is 0 Å². The summed E-state index contributed by atoms with van der Waals surface area (Å²) in [5, 5.41) is 12.2. The molecule has 0 bridgehead atoms. The summed E-state index contributed by atoms with van der Waals surface area (Å²) in [6.07, 6.45) is -1.71. The third-order valence-electron chi connectivity index (χ3n) is 2.86. The first kappa shape index (κ1) is 12.5. The third-order valence-corrected chi connectivity index (χ3v) is 4.93. The Bertz CT molecular complexity index is 492. The van der Waals surface area contributed by atoms with Crippen molar-refractivity contribution in [3.8, 4) is 0 Å². The summed E-state index contributed by atoms with van der Waals surface area (Å²) in [7, 11) is 1.38. The SMILES string of the molecule is CN1C(=N)N[C@](C)(c2sccc2Br)C(F)C1=O. The van der Waals surface area contributed by atoms with Crippen LogP contribution in [0.25, 0.3) is 0 Å². The highest BCUT2D eigenvalue weighted by molar-refractivity contribution is 9.10. The van der Waals surface area contributed by atoms with E-state index in [9.17, 15) is 9.18 Å².